The first-order chi connectivity index (χ1) is 14.5. The van der Waals surface area contributed by atoms with Crippen LogP contribution in [0.2, 0.25) is 11.1 Å². The monoisotopic (exact) mass is 413 g/mol. The zero-order valence-electron chi connectivity index (χ0n) is 17.9. The zero-order valence-corrected chi connectivity index (χ0v) is 18.9. The Morgan fingerprint density at radius 3 is 2.13 bits per heavy atom. The number of nitrogens with zero attached hydrogens (tertiary/aromatic N) is 1. The van der Waals surface area contributed by atoms with E-state index < -0.39 is 8.56 Å². The van der Waals surface area contributed by atoms with Crippen LogP contribution in [0.1, 0.15) is 27.7 Å². The lowest BCUT2D eigenvalue weighted by Gasteiger charge is -2.36. The van der Waals surface area contributed by atoms with Crippen molar-refractivity contribution in [2.45, 2.75) is 38.8 Å². The molecule has 0 N–H and O–H groups in total. The van der Waals surface area contributed by atoms with E-state index in [2.05, 4.69) is 111 Å². The highest BCUT2D eigenvalue weighted by Crippen LogP contribution is 2.52. The zero-order chi connectivity index (χ0) is 20.9. The average molecular weight is 414 g/mol. The van der Waals surface area contributed by atoms with Crippen LogP contribution in [0.5, 0.6) is 11.5 Å². The Balaban J connectivity index is 1.93. The summed E-state index contributed by atoms with van der Waals surface area (Å²) in [4.78, 5) is 0. The van der Waals surface area contributed by atoms with Gasteiger partial charge in [-0.15, -0.1) is 0 Å². The lowest BCUT2D eigenvalue weighted by atomic mass is 10.00. The van der Waals surface area contributed by atoms with E-state index in [1.165, 1.54) is 5.56 Å². The van der Waals surface area contributed by atoms with Crippen molar-refractivity contribution in [3.63, 3.8) is 0 Å². The van der Waals surface area contributed by atoms with Crippen molar-refractivity contribution in [1.29, 1.82) is 0 Å². The molecule has 0 amide bonds. The summed E-state index contributed by atoms with van der Waals surface area (Å²) in [6.45, 7) is 8.93. The minimum absolute atomic E-state index is 0.301. The number of para-hydroxylation sites is 1. The van der Waals surface area contributed by atoms with E-state index in [9.17, 15) is 0 Å². The highest BCUT2D eigenvalue weighted by Gasteiger charge is 2.52. The molecule has 0 radical (unpaired) electrons. The second-order valence-corrected chi connectivity index (χ2v) is 12.8. The molecular formula is C26H27NO2Si. The van der Waals surface area contributed by atoms with Gasteiger partial charge in [-0.05, 0) is 23.8 Å². The van der Waals surface area contributed by atoms with E-state index in [1.807, 2.05) is 0 Å². The van der Waals surface area contributed by atoms with Crippen LogP contribution in [0.25, 0.3) is 27.9 Å². The van der Waals surface area contributed by atoms with Crippen LogP contribution in [0.4, 0.5) is 0 Å². The number of benzene rings is 2. The predicted octanol–water partition coefficient (Wildman–Crippen LogP) is 7.31. The molecule has 1 aliphatic heterocycles. The number of rotatable bonds is 3. The van der Waals surface area contributed by atoms with Crippen LogP contribution in [-0.2, 0) is 0 Å². The molecule has 2 aromatic carbocycles. The van der Waals surface area contributed by atoms with Crippen molar-refractivity contribution in [3.05, 3.63) is 79.0 Å². The normalized spacial score (nSPS) is 14.7. The summed E-state index contributed by atoms with van der Waals surface area (Å²) in [5.41, 5.74) is 6.23. The summed E-state index contributed by atoms with van der Waals surface area (Å²) in [5, 5.41) is 0. The van der Waals surface area contributed by atoms with E-state index >= 15 is 0 Å². The summed E-state index contributed by atoms with van der Waals surface area (Å²) in [6, 6.07) is 25.3. The van der Waals surface area contributed by atoms with E-state index in [0.717, 1.165) is 33.8 Å². The number of hydrogen-bond acceptors (Lipinski definition) is 2. The van der Waals surface area contributed by atoms with Crippen molar-refractivity contribution in [2.24, 2.45) is 0 Å². The highest BCUT2D eigenvalue weighted by atomic mass is 28.4. The molecule has 0 unspecified atom stereocenters. The van der Waals surface area contributed by atoms with E-state index in [-0.39, 0.29) is 0 Å². The molecule has 0 saturated carbocycles. The van der Waals surface area contributed by atoms with Crippen molar-refractivity contribution < 1.29 is 8.85 Å². The molecule has 152 valence electrons. The van der Waals surface area contributed by atoms with Crippen LogP contribution in [0.3, 0.4) is 0 Å². The Morgan fingerprint density at radius 1 is 0.733 bits per heavy atom. The SMILES string of the molecule is CC(C)[Si]1(C(C)C)Oc2ccccc2-c2c(c3ccccn3c2-c2ccccc2)O1. The van der Waals surface area contributed by atoms with E-state index in [4.69, 9.17) is 8.85 Å². The third kappa shape index (κ3) is 2.71. The van der Waals surface area contributed by atoms with Crippen molar-refractivity contribution in [1.82, 2.24) is 4.40 Å². The summed E-state index contributed by atoms with van der Waals surface area (Å²) >= 11 is 0. The third-order valence-corrected chi connectivity index (χ3v) is 10.4. The first-order valence-electron chi connectivity index (χ1n) is 10.7. The van der Waals surface area contributed by atoms with Gasteiger partial charge in [0.1, 0.15) is 11.5 Å². The average Bonchev–Trinajstić information content (AvgIpc) is 2.98. The van der Waals surface area contributed by atoms with Gasteiger partial charge in [0, 0.05) is 22.8 Å². The van der Waals surface area contributed by atoms with Crippen molar-refractivity contribution >= 4 is 14.1 Å². The van der Waals surface area contributed by atoms with Gasteiger partial charge in [0.15, 0.2) is 0 Å². The molecule has 0 saturated heterocycles. The fourth-order valence-corrected chi connectivity index (χ4v) is 8.03. The fourth-order valence-electron chi connectivity index (χ4n) is 4.66. The molecule has 2 aromatic heterocycles. The maximum absolute atomic E-state index is 7.06. The van der Waals surface area contributed by atoms with Gasteiger partial charge >= 0.3 is 8.56 Å². The molecule has 0 atom stereocenters. The smallest absolute Gasteiger partial charge is 0.465 e. The maximum atomic E-state index is 7.06. The molecule has 0 spiro atoms. The molecular weight excluding hydrogens is 386 g/mol. The molecule has 0 aliphatic carbocycles. The van der Waals surface area contributed by atoms with Gasteiger partial charge in [0.2, 0.25) is 0 Å². The van der Waals surface area contributed by atoms with Crippen LogP contribution in [0.15, 0.2) is 79.0 Å². The Hall–Kier alpha value is -2.98. The molecule has 0 bridgehead atoms. The number of aromatic nitrogens is 1. The molecule has 0 fully saturated rings. The van der Waals surface area contributed by atoms with Gasteiger partial charge in [0.05, 0.1) is 16.8 Å². The Labute approximate surface area is 179 Å². The first kappa shape index (κ1) is 19.0. The maximum Gasteiger partial charge on any atom is 0.465 e. The standard InChI is InChI=1S/C26H27NO2Si/c1-18(2)30(19(3)4)28-23-16-9-8-14-21(23)24-25(20-12-6-5-7-13-20)27-17-11-10-15-22(27)26(24)29-30/h5-19H,1-4H3. The lowest BCUT2D eigenvalue weighted by molar-refractivity contribution is 0.359. The predicted molar refractivity (Wildman–Crippen MR) is 125 cm³/mol. The molecule has 3 nitrogen and oxygen atoms in total. The van der Waals surface area contributed by atoms with E-state index in [1.54, 1.807) is 0 Å². The summed E-state index contributed by atoms with van der Waals surface area (Å²) < 4.78 is 16.2. The summed E-state index contributed by atoms with van der Waals surface area (Å²) in [7, 11) is -2.61. The van der Waals surface area contributed by atoms with Crippen LogP contribution < -0.4 is 8.85 Å². The summed E-state index contributed by atoms with van der Waals surface area (Å²) in [6.07, 6.45) is 2.13. The van der Waals surface area contributed by atoms with E-state index in [0.29, 0.717) is 11.1 Å². The Kier molecular flexibility index (Phi) is 4.47. The molecule has 3 heterocycles. The number of hydrogen-bond donors (Lipinski definition) is 0. The topological polar surface area (TPSA) is 22.9 Å². The quantitative estimate of drug-likeness (QED) is 0.329. The van der Waals surface area contributed by atoms with Crippen molar-refractivity contribution in [2.75, 3.05) is 0 Å². The van der Waals surface area contributed by atoms with Gasteiger partial charge < -0.3 is 13.3 Å². The fraction of sp³-hybridized carbons (Fsp3) is 0.231. The van der Waals surface area contributed by atoms with Gasteiger partial charge in [0.25, 0.3) is 0 Å². The molecule has 5 rings (SSSR count). The van der Waals surface area contributed by atoms with Gasteiger partial charge in [-0.2, -0.15) is 0 Å². The van der Waals surface area contributed by atoms with Crippen LogP contribution in [-0.4, -0.2) is 13.0 Å². The van der Waals surface area contributed by atoms with Gasteiger partial charge in [-0.3, -0.25) is 0 Å². The minimum Gasteiger partial charge on any atom is -0.511 e. The molecule has 30 heavy (non-hydrogen) atoms. The van der Waals surface area contributed by atoms with Gasteiger partial charge in [-0.25, -0.2) is 0 Å². The highest BCUT2D eigenvalue weighted by molar-refractivity contribution is 6.72. The first-order valence-corrected chi connectivity index (χ1v) is 12.7. The van der Waals surface area contributed by atoms with Gasteiger partial charge in [-0.1, -0.05) is 82.3 Å². The number of pyridine rings is 1. The number of fused-ring (bicyclic) bond motifs is 5. The molecule has 4 heteroatoms. The Morgan fingerprint density at radius 2 is 1.40 bits per heavy atom. The second kappa shape index (κ2) is 7.06. The van der Waals surface area contributed by atoms with Crippen LogP contribution >= 0.6 is 0 Å². The largest absolute Gasteiger partial charge is 0.511 e. The Bertz CT molecular complexity index is 1200. The minimum atomic E-state index is -2.61. The van der Waals surface area contributed by atoms with Crippen LogP contribution in [0, 0.1) is 0 Å². The summed E-state index contributed by atoms with van der Waals surface area (Å²) in [5.74, 6) is 1.88. The molecule has 1 aliphatic rings. The van der Waals surface area contributed by atoms with Crippen molar-refractivity contribution in [3.8, 4) is 33.9 Å². The molecule has 4 aromatic rings. The second-order valence-electron chi connectivity index (χ2n) is 8.61. The third-order valence-electron chi connectivity index (χ3n) is 6.14. The lowest BCUT2D eigenvalue weighted by Crippen LogP contribution is -2.53.